The quantitative estimate of drug-likeness (QED) is 0.0939. The van der Waals surface area contributed by atoms with Gasteiger partial charge >= 0.3 is 12.1 Å². The number of thioether (sulfide) groups is 1. The Bertz CT molecular complexity index is 1550. The monoisotopic (exact) mass is 699 g/mol. The van der Waals surface area contributed by atoms with Crippen molar-refractivity contribution in [1.82, 2.24) is 10.2 Å². The van der Waals surface area contributed by atoms with E-state index in [1.807, 2.05) is 60.0 Å². The minimum absolute atomic E-state index is 0.0762. The SMILES string of the molecule is CO[C@@]1(NC(=O)Cc2cccs2)C(=O)N2C(C(=O)O)=C(COC(N)=O)CS[C@@H]21.COc1ccc(NCCNc2ccc(OC)cc2)cc1. The number of carbonyl (C=O) groups excluding carboxylic acids is 3. The summed E-state index contributed by atoms with van der Waals surface area (Å²) in [6, 6.07) is 19.4. The molecule has 256 valence electrons. The molecule has 3 heterocycles. The maximum atomic E-state index is 12.8. The number of nitrogens with one attached hydrogen (secondary N) is 3. The highest BCUT2D eigenvalue weighted by atomic mass is 32.2. The fraction of sp³-hybridized carbons (Fsp3) is 0.312. The van der Waals surface area contributed by atoms with E-state index in [-0.39, 0.29) is 30.1 Å². The van der Waals surface area contributed by atoms with Crippen LogP contribution in [0.3, 0.4) is 0 Å². The molecule has 48 heavy (non-hydrogen) atoms. The number of anilines is 2. The molecular formula is C32H37N5O9S2. The van der Waals surface area contributed by atoms with E-state index >= 15 is 0 Å². The van der Waals surface area contributed by atoms with Gasteiger partial charge in [-0.05, 0) is 60.0 Å². The van der Waals surface area contributed by atoms with Crippen molar-refractivity contribution in [3.8, 4) is 11.5 Å². The molecule has 3 amide bonds. The molecule has 16 heteroatoms. The number of methoxy groups -OCH3 is 3. The second kappa shape index (κ2) is 16.8. The number of primary amides is 1. The molecular weight excluding hydrogens is 663 g/mol. The van der Waals surface area contributed by atoms with Crippen LogP contribution in [-0.4, -0.2) is 91.8 Å². The first-order valence-electron chi connectivity index (χ1n) is 14.6. The van der Waals surface area contributed by atoms with Gasteiger partial charge in [0.15, 0.2) is 0 Å². The summed E-state index contributed by atoms with van der Waals surface area (Å²) in [5, 5.41) is 19.9. The molecule has 1 aromatic heterocycles. The Labute approximate surface area is 285 Å². The Morgan fingerprint density at radius 2 is 1.54 bits per heavy atom. The van der Waals surface area contributed by atoms with Crippen LogP contribution in [0.25, 0.3) is 0 Å². The van der Waals surface area contributed by atoms with Crippen molar-refractivity contribution in [1.29, 1.82) is 0 Å². The van der Waals surface area contributed by atoms with Crippen molar-refractivity contribution < 1.29 is 43.2 Å². The van der Waals surface area contributed by atoms with E-state index in [4.69, 9.17) is 19.9 Å². The molecule has 0 spiro atoms. The maximum absolute atomic E-state index is 12.8. The number of nitrogens with zero attached hydrogens (tertiary/aromatic N) is 1. The van der Waals surface area contributed by atoms with Crippen LogP contribution in [0, 0.1) is 0 Å². The van der Waals surface area contributed by atoms with Gasteiger partial charge in [-0.3, -0.25) is 14.5 Å². The second-order valence-corrected chi connectivity index (χ2v) is 12.4. The lowest BCUT2D eigenvalue weighted by Gasteiger charge is -2.55. The largest absolute Gasteiger partial charge is 0.497 e. The van der Waals surface area contributed by atoms with Gasteiger partial charge < -0.3 is 45.7 Å². The lowest BCUT2D eigenvalue weighted by atomic mass is 9.98. The summed E-state index contributed by atoms with van der Waals surface area (Å²) >= 11 is 2.60. The van der Waals surface area contributed by atoms with E-state index in [1.54, 1.807) is 20.3 Å². The molecule has 5 rings (SSSR count). The van der Waals surface area contributed by atoms with Crippen LogP contribution in [0.15, 0.2) is 77.3 Å². The van der Waals surface area contributed by atoms with Crippen molar-refractivity contribution in [2.45, 2.75) is 17.5 Å². The Morgan fingerprint density at radius 3 is 2.00 bits per heavy atom. The third-order valence-corrected chi connectivity index (χ3v) is 9.48. The molecule has 2 aromatic carbocycles. The average molecular weight is 700 g/mol. The van der Waals surface area contributed by atoms with Crippen molar-refractivity contribution in [3.05, 3.63) is 82.2 Å². The van der Waals surface area contributed by atoms with E-state index in [1.165, 1.54) is 30.2 Å². The van der Waals surface area contributed by atoms with Crippen molar-refractivity contribution in [3.63, 3.8) is 0 Å². The van der Waals surface area contributed by atoms with Crippen LogP contribution in [-0.2, 0) is 30.3 Å². The highest BCUT2D eigenvalue weighted by Crippen LogP contribution is 2.46. The lowest BCUT2D eigenvalue weighted by molar-refractivity contribution is -0.192. The van der Waals surface area contributed by atoms with Gasteiger partial charge in [-0.2, -0.15) is 0 Å². The van der Waals surface area contributed by atoms with Gasteiger partial charge in [-0.25, -0.2) is 9.59 Å². The second-order valence-electron chi connectivity index (χ2n) is 10.3. The number of ether oxygens (including phenoxy) is 4. The minimum atomic E-state index is -1.66. The number of benzene rings is 2. The number of carboxylic acid groups (broad SMARTS) is 1. The van der Waals surface area contributed by atoms with Gasteiger partial charge in [0, 0.05) is 47.8 Å². The van der Waals surface area contributed by atoms with Crippen LogP contribution < -0.4 is 31.2 Å². The number of carbonyl (C=O) groups is 4. The van der Waals surface area contributed by atoms with Crippen LogP contribution in [0.2, 0.25) is 0 Å². The van der Waals surface area contributed by atoms with E-state index in [0.717, 1.165) is 45.7 Å². The van der Waals surface area contributed by atoms with Crippen molar-refractivity contribution in [2.24, 2.45) is 5.73 Å². The molecule has 2 atom stereocenters. The Kier molecular flexibility index (Phi) is 12.5. The molecule has 2 aliphatic rings. The maximum Gasteiger partial charge on any atom is 0.404 e. The molecule has 14 nitrogen and oxygen atoms in total. The van der Waals surface area contributed by atoms with Crippen LogP contribution in [0.1, 0.15) is 4.88 Å². The summed E-state index contributed by atoms with van der Waals surface area (Å²) in [5.74, 6) is -0.576. The van der Waals surface area contributed by atoms with Gasteiger partial charge in [-0.15, -0.1) is 23.1 Å². The van der Waals surface area contributed by atoms with Crippen LogP contribution >= 0.6 is 23.1 Å². The third kappa shape index (κ3) is 8.70. The fourth-order valence-corrected chi connectivity index (χ4v) is 6.99. The molecule has 0 aliphatic carbocycles. The Morgan fingerprint density at radius 1 is 0.958 bits per heavy atom. The molecule has 3 aromatic rings. The number of aliphatic carboxylic acids is 1. The normalized spacial score (nSPS) is 17.9. The topological polar surface area (TPSA) is 191 Å². The number of amides is 3. The lowest BCUT2D eigenvalue weighted by Crippen LogP contribution is -2.80. The number of hydrogen-bond donors (Lipinski definition) is 5. The zero-order valence-electron chi connectivity index (χ0n) is 26.5. The minimum Gasteiger partial charge on any atom is -0.497 e. The van der Waals surface area contributed by atoms with Gasteiger partial charge in [-0.1, -0.05) is 6.07 Å². The summed E-state index contributed by atoms with van der Waals surface area (Å²) < 4.78 is 20.3. The first kappa shape index (κ1) is 35.9. The average Bonchev–Trinajstić information content (AvgIpc) is 3.61. The number of β-lactam (4-membered cyclic amide) rings is 1. The highest BCUT2D eigenvalue weighted by molar-refractivity contribution is 8.00. The number of rotatable bonds is 14. The van der Waals surface area contributed by atoms with Crippen molar-refractivity contribution in [2.75, 3.05) is 57.4 Å². The summed E-state index contributed by atoms with van der Waals surface area (Å²) in [6.07, 6.45) is -0.973. The van der Waals surface area contributed by atoms with Gasteiger partial charge in [0.1, 0.15) is 29.2 Å². The number of fused-ring (bicyclic) bond motifs is 1. The third-order valence-electron chi connectivity index (χ3n) is 7.23. The summed E-state index contributed by atoms with van der Waals surface area (Å²) in [6.45, 7) is 1.35. The number of nitrogens with two attached hydrogens (primary N) is 1. The van der Waals surface area contributed by atoms with E-state index in [0.29, 0.717) is 0 Å². The van der Waals surface area contributed by atoms with Crippen LogP contribution in [0.5, 0.6) is 11.5 Å². The molecule has 0 unspecified atom stereocenters. The van der Waals surface area contributed by atoms with Gasteiger partial charge in [0.25, 0.3) is 11.6 Å². The van der Waals surface area contributed by atoms with E-state index in [9.17, 15) is 24.3 Å². The molecule has 0 saturated carbocycles. The summed E-state index contributed by atoms with van der Waals surface area (Å²) in [7, 11) is 4.61. The number of hydrogen-bond acceptors (Lipinski definition) is 12. The fourth-order valence-electron chi connectivity index (χ4n) is 4.87. The van der Waals surface area contributed by atoms with Gasteiger partial charge in [0.05, 0.1) is 20.6 Å². The molecule has 2 aliphatic heterocycles. The number of carboxylic acids is 1. The molecule has 1 fully saturated rings. The zero-order valence-corrected chi connectivity index (χ0v) is 28.2. The summed E-state index contributed by atoms with van der Waals surface area (Å²) in [5.41, 5.74) is 5.37. The molecule has 0 radical (unpaired) electrons. The smallest absolute Gasteiger partial charge is 0.404 e. The highest BCUT2D eigenvalue weighted by Gasteiger charge is 2.66. The predicted octanol–water partition coefficient (Wildman–Crippen LogP) is 3.33. The van der Waals surface area contributed by atoms with E-state index < -0.39 is 35.0 Å². The molecule has 0 bridgehead atoms. The van der Waals surface area contributed by atoms with E-state index in [2.05, 4.69) is 20.7 Å². The summed E-state index contributed by atoms with van der Waals surface area (Å²) in [4.78, 5) is 49.6. The Hall–Kier alpha value is -4.93. The zero-order chi connectivity index (χ0) is 34.7. The first-order valence-corrected chi connectivity index (χ1v) is 16.5. The van der Waals surface area contributed by atoms with Gasteiger partial charge in [0.2, 0.25) is 5.91 Å². The van der Waals surface area contributed by atoms with Crippen LogP contribution in [0.4, 0.5) is 16.2 Å². The predicted molar refractivity (Wildman–Crippen MR) is 182 cm³/mol. The van der Waals surface area contributed by atoms with Crippen molar-refractivity contribution >= 4 is 58.4 Å². The molecule has 6 N–H and O–H groups in total. The Balaban J connectivity index is 0.000000229. The number of thiophene rings is 1. The first-order chi connectivity index (χ1) is 23.1. The molecule has 1 saturated heterocycles. The standard InChI is InChI=1S/C16H17N3O7S2.C16H20N2O2/c1-25-16(18-10(20)5-9-3-2-4-27-9)13(23)19-11(12(21)22)8(6-26-15(17)24)7-28-14(16)19;1-19-15-7-3-13(4-8-15)17-11-12-18-14-5-9-16(20-2)10-6-14/h2-4,14H,5-7H2,1H3,(H2,17,24)(H,18,20)(H,21,22);3-10,17-18H,11-12H2,1-2H3/t14-,16+;/m1./s1.